The first-order valence-corrected chi connectivity index (χ1v) is 8.78. The van der Waals surface area contributed by atoms with Gasteiger partial charge in [-0.15, -0.1) is 0 Å². The molecule has 0 aliphatic carbocycles. The number of piperidine rings is 1. The normalized spacial score (nSPS) is 21.3. The van der Waals surface area contributed by atoms with E-state index in [2.05, 4.69) is 19.8 Å². The number of hydrogen-bond acceptors (Lipinski definition) is 5. The number of nitrogens with zero attached hydrogens (tertiary/aromatic N) is 5. The average Bonchev–Trinajstić information content (AvgIpc) is 2.62. The van der Waals surface area contributed by atoms with Crippen molar-refractivity contribution < 1.29 is 4.79 Å². The molecule has 1 aromatic rings. The third kappa shape index (κ3) is 3.93. The molecule has 0 bridgehead atoms. The summed E-state index contributed by atoms with van der Waals surface area (Å²) in [5.41, 5.74) is 0. The van der Waals surface area contributed by atoms with Crippen LogP contribution in [0, 0.1) is 0 Å². The molecule has 0 unspecified atom stereocenters. The Morgan fingerprint density at radius 2 is 1.65 bits per heavy atom. The number of hydrogen-bond donors (Lipinski definition) is 0. The SMILES string of the molecule is C[C@@H](C(=O)N1CCCCC1)N1CCN(c2ncc(Cl)cn2)CC1. The van der Waals surface area contributed by atoms with Gasteiger partial charge in [-0.25, -0.2) is 9.97 Å². The molecule has 1 aromatic heterocycles. The molecular formula is C16H24ClN5O. The van der Waals surface area contributed by atoms with Gasteiger partial charge in [0.15, 0.2) is 0 Å². The maximum atomic E-state index is 12.6. The second-order valence-corrected chi connectivity index (χ2v) is 6.72. The van der Waals surface area contributed by atoms with E-state index in [4.69, 9.17) is 11.6 Å². The topological polar surface area (TPSA) is 52.6 Å². The van der Waals surface area contributed by atoms with E-state index >= 15 is 0 Å². The van der Waals surface area contributed by atoms with E-state index in [1.54, 1.807) is 12.4 Å². The molecule has 7 heteroatoms. The van der Waals surface area contributed by atoms with Crippen molar-refractivity contribution in [3.63, 3.8) is 0 Å². The molecule has 1 amide bonds. The van der Waals surface area contributed by atoms with Gasteiger partial charge in [-0.2, -0.15) is 0 Å². The molecule has 2 aliphatic rings. The zero-order valence-corrected chi connectivity index (χ0v) is 14.4. The molecule has 0 saturated carbocycles. The molecule has 0 radical (unpaired) electrons. The van der Waals surface area contributed by atoms with Crippen molar-refractivity contribution in [2.45, 2.75) is 32.2 Å². The van der Waals surface area contributed by atoms with Gasteiger partial charge in [0.1, 0.15) is 0 Å². The van der Waals surface area contributed by atoms with Crippen LogP contribution in [0.25, 0.3) is 0 Å². The van der Waals surface area contributed by atoms with Crippen LogP contribution in [0.15, 0.2) is 12.4 Å². The van der Waals surface area contributed by atoms with E-state index < -0.39 is 0 Å². The number of aromatic nitrogens is 2. The molecule has 6 nitrogen and oxygen atoms in total. The first-order chi connectivity index (χ1) is 11.1. The number of rotatable bonds is 3. The number of likely N-dealkylation sites (tertiary alicyclic amines) is 1. The number of piperazine rings is 1. The number of carbonyl (C=O) groups excluding carboxylic acids is 1. The molecule has 3 rings (SSSR count). The van der Waals surface area contributed by atoms with Crippen LogP contribution in [0.2, 0.25) is 5.02 Å². The summed E-state index contributed by atoms with van der Waals surface area (Å²) in [7, 11) is 0. The van der Waals surface area contributed by atoms with Crippen LogP contribution in [0.3, 0.4) is 0 Å². The van der Waals surface area contributed by atoms with Crippen LogP contribution in [-0.2, 0) is 4.79 Å². The van der Waals surface area contributed by atoms with Crippen LogP contribution < -0.4 is 4.90 Å². The molecular weight excluding hydrogens is 314 g/mol. The van der Waals surface area contributed by atoms with E-state index in [0.717, 1.165) is 52.1 Å². The lowest BCUT2D eigenvalue weighted by molar-refractivity contribution is -0.137. The highest BCUT2D eigenvalue weighted by atomic mass is 35.5. The molecule has 23 heavy (non-hydrogen) atoms. The predicted octanol–water partition coefficient (Wildman–Crippen LogP) is 1.65. The summed E-state index contributed by atoms with van der Waals surface area (Å²) in [4.78, 5) is 27.6. The monoisotopic (exact) mass is 337 g/mol. The summed E-state index contributed by atoms with van der Waals surface area (Å²) < 4.78 is 0. The fraction of sp³-hybridized carbons (Fsp3) is 0.688. The smallest absolute Gasteiger partial charge is 0.239 e. The molecule has 0 aromatic carbocycles. The first kappa shape index (κ1) is 16.5. The Morgan fingerprint density at radius 1 is 1.04 bits per heavy atom. The summed E-state index contributed by atoms with van der Waals surface area (Å²) in [6.07, 6.45) is 6.77. The Balaban J connectivity index is 1.53. The minimum Gasteiger partial charge on any atom is -0.341 e. The van der Waals surface area contributed by atoms with E-state index in [0.29, 0.717) is 11.0 Å². The minimum atomic E-state index is -0.0404. The lowest BCUT2D eigenvalue weighted by atomic mass is 10.1. The fourth-order valence-electron chi connectivity index (χ4n) is 3.31. The molecule has 126 valence electrons. The van der Waals surface area contributed by atoms with E-state index in [1.165, 1.54) is 6.42 Å². The van der Waals surface area contributed by atoms with Gasteiger partial charge in [-0.05, 0) is 26.2 Å². The first-order valence-electron chi connectivity index (χ1n) is 8.40. The van der Waals surface area contributed by atoms with Gasteiger partial charge < -0.3 is 9.80 Å². The van der Waals surface area contributed by atoms with Crippen LogP contribution >= 0.6 is 11.6 Å². The van der Waals surface area contributed by atoms with Crippen molar-refractivity contribution in [1.29, 1.82) is 0 Å². The Labute approximate surface area is 142 Å². The Morgan fingerprint density at radius 3 is 2.26 bits per heavy atom. The van der Waals surface area contributed by atoms with E-state index in [-0.39, 0.29) is 11.9 Å². The third-order valence-electron chi connectivity index (χ3n) is 4.78. The highest BCUT2D eigenvalue weighted by Crippen LogP contribution is 2.16. The van der Waals surface area contributed by atoms with Crippen molar-refractivity contribution in [2.75, 3.05) is 44.2 Å². The Kier molecular flexibility index (Phi) is 5.33. The molecule has 1 atom stereocenters. The van der Waals surface area contributed by atoms with Gasteiger partial charge in [-0.3, -0.25) is 9.69 Å². The molecule has 0 spiro atoms. The second-order valence-electron chi connectivity index (χ2n) is 6.29. The van der Waals surface area contributed by atoms with Crippen molar-refractivity contribution in [3.8, 4) is 0 Å². The summed E-state index contributed by atoms with van der Waals surface area (Å²) in [6.45, 7) is 7.24. The lowest BCUT2D eigenvalue weighted by Crippen LogP contribution is -2.55. The number of halogens is 1. The van der Waals surface area contributed by atoms with Crippen molar-refractivity contribution in [1.82, 2.24) is 19.8 Å². The number of anilines is 1. The van der Waals surface area contributed by atoms with Crippen LogP contribution in [0.4, 0.5) is 5.95 Å². The highest BCUT2D eigenvalue weighted by molar-refractivity contribution is 6.30. The van der Waals surface area contributed by atoms with Gasteiger partial charge in [0.25, 0.3) is 0 Å². The Hall–Kier alpha value is -1.40. The standard InChI is InChI=1S/C16H24ClN5O/c1-13(15(23)21-5-3-2-4-6-21)20-7-9-22(10-8-20)16-18-11-14(17)12-19-16/h11-13H,2-10H2,1H3/t13-/m0/s1. The highest BCUT2D eigenvalue weighted by Gasteiger charge is 2.29. The van der Waals surface area contributed by atoms with Crippen molar-refractivity contribution in [3.05, 3.63) is 17.4 Å². The second kappa shape index (κ2) is 7.45. The molecule has 2 saturated heterocycles. The van der Waals surface area contributed by atoms with Gasteiger partial charge in [0, 0.05) is 39.3 Å². The van der Waals surface area contributed by atoms with Crippen molar-refractivity contribution in [2.24, 2.45) is 0 Å². The molecule has 0 N–H and O–H groups in total. The average molecular weight is 338 g/mol. The number of carbonyl (C=O) groups is 1. The Bertz CT molecular complexity index is 524. The maximum Gasteiger partial charge on any atom is 0.239 e. The largest absolute Gasteiger partial charge is 0.341 e. The van der Waals surface area contributed by atoms with Gasteiger partial charge in [0.2, 0.25) is 11.9 Å². The van der Waals surface area contributed by atoms with Crippen molar-refractivity contribution >= 4 is 23.5 Å². The fourth-order valence-corrected chi connectivity index (χ4v) is 3.41. The summed E-state index contributed by atoms with van der Waals surface area (Å²) in [5, 5.41) is 0.549. The summed E-state index contributed by atoms with van der Waals surface area (Å²) in [6, 6.07) is -0.0404. The zero-order chi connectivity index (χ0) is 16.2. The van der Waals surface area contributed by atoms with Crippen LogP contribution in [-0.4, -0.2) is 71.0 Å². The van der Waals surface area contributed by atoms with Crippen LogP contribution in [0.1, 0.15) is 26.2 Å². The van der Waals surface area contributed by atoms with Gasteiger partial charge in [0.05, 0.1) is 23.5 Å². The van der Waals surface area contributed by atoms with Crippen LogP contribution in [0.5, 0.6) is 0 Å². The van der Waals surface area contributed by atoms with Gasteiger partial charge in [-0.1, -0.05) is 11.6 Å². The third-order valence-corrected chi connectivity index (χ3v) is 4.97. The maximum absolute atomic E-state index is 12.6. The zero-order valence-electron chi connectivity index (χ0n) is 13.6. The molecule has 2 fully saturated rings. The summed E-state index contributed by atoms with van der Waals surface area (Å²) in [5.74, 6) is 0.991. The number of amides is 1. The predicted molar refractivity (Wildman–Crippen MR) is 90.7 cm³/mol. The minimum absolute atomic E-state index is 0.0404. The quantitative estimate of drug-likeness (QED) is 0.839. The molecule has 3 heterocycles. The van der Waals surface area contributed by atoms with E-state index in [1.807, 2.05) is 11.8 Å². The molecule has 2 aliphatic heterocycles. The van der Waals surface area contributed by atoms with Gasteiger partial charge >= 0.3 is 0 Å². The van der Waals surface area contributed by atoms with E-state index in [9.17, 15) is 4.79 Å². The summed E-state index contributed by atoms with van der Waals surface area (Å²) >= 11 is 5.83. The lowest BCUT2D eigenvalue weighted by Gasteiger charge is -2.39.